The largest absolute Gasteiger partial charge is 0.350 e. The fourth-order valence-electron chi connectivity index (χ4n) is 2.84. The second kappa shape index (κ2) is 6.20. The molecule has 2 saturated heterocycles. The number of rotatable bonds is 5. The molecule has 0 radical (unpaired) electrons. The lowest BCUT2D eigenvalue weighted by molar-refractivity contribution is -0.135. The third-order valence-corrected chi connectivity index (χ3v) is 6.21. The van der Waals surface area contributed by atoms with E-state index in [4.69, 9.17) is 9.47 Å². The average molecular weight is 318 g/mol. The molecule has 1 saturated carbocycles. The summed E-state index contributed by atoms with van der Waals surface area (Å²) in [4.78, 5) is 13.8. The Morgan fingerprint density at radius 3 is 2.29 bits per heavy atom. The Kier molecular flexibility index (Phi) is 4.49. The van der Waals surface area contributed by atoms with Crippen molar-refractivity contribution in [3.8, 4) is 0 Å². The van der Waals surface area contributed by atoms with Crippen LogP contribution in [0.15, 0.2) is 0 Å². The third-order valence-electron chi connectivity index (χ3n) is 4.31. The second-order valence-electron chi connectivity index (χ2n) is 5.89. The molecule has 7 nitrogen and oxygen atoms in total. The lowest BCUT2D eigenvalue weighted by Crippen LogP contribution is -2.46. The van der Waals surface area contributed by atoms with E-state index in [0.29, 0.717) is 45.1 Å². The van der Waals surface area contributed by atoms with Gasteiger partial charge in [0.2, 0.25) is 15.9 Å². The molecule has 0 aromatic heterocycles. The molecule has 1 N–H and O–H groups in total. The highest BCUT2D eigenvalue weighted by molar-refractivity contribution is 7.90. The van der Waals surface area contributed by atoms with Gasteiger partial charge in [0, 0.05) is 19.0 Å². The molecule has 3 rings (SSSR count). The van der Waals surface area contributed by atoms with Crippen LogP contribution in [0.4, 0.5) is 0 Å². The van der Waals surface area contributed by atoms with E-state index in [0.717, 1.165) is 12.8 Å². The molecular formula is C13H22N2O5S. The SMILES string of the molecule is O=C(CNS(=O)(=O)C1CC1)N1CCC(C2OCCO2)CC1. The van der Waals surface area contributed by atoms with E-state index in [1.54, 1.807) is 4.90 Å². The molecular weight excluding hydrogens is 296 g/mol. The number of carbonyl (C=O) groups excluding carboxylic acids is 1. The van der Waals surface area contributed by atoms with Crippen molar-refractivity contribution in [3.63, 3.8) is 0 Å². The van der Waals surface area contributed by atoms with Gasteiger partial charge in [-0.3, -0.25) is 4.79 Å². The zero-order valence-corrected chi connectivity index (χ0v) is 12.8. The molecule has 8 heteroatoms. The van der Waals surface area contributed by atoms with Crippen molar-refractivity contribution in [2.75, 3.05) is 32.8 Å². The third kappa shape index (κ3) is 3.74. The van der Waals surface area contributed by atoms with Crippen LogP contribution in [0.2, 0.25) is 0 Å². The smallest absolute Gasteiger partial charge is 0.237 e. The van der Waals surface area contributed by atoms with Gasteiger partial charge >= 0.3 is 0 Å². The molecule has 0 bridgehead atoms. The summed E-state index contributed by atoms with van der Waals surface area (Å²) in [6.45, 7) is 2.44. The standard InChI is InChI=1S/C13H22N2O5S/c16-12(9-14-21(17,18)11-1-2-11)15-5-3-10(4-6-15)13-19-7-8-20-13/h10-11,13-14H,1-9H2. The van der Waals surface area contributed by atoms with Crippen molar-refractivity contribution in [2.45, 2.75) is 37.2 Å². The van der Waals surface area contributed by atoms with Crippen LogP contribution in [0.1, 0.15) is 25.7 Å². The Morgan fingerprint density at radius 1 is 1.10 bits per heavy atom. The molecule has 3 fully saturated rings. The molecule has 1 amide bonds. The molecule has 0 aromatic rings. The van der Waals surface area contributed by atoms with Gasteiger partial charge in [-0.25, -0.2) is 13.1 Å². The van der Waals surface area contributed by atoms with E-state index in [-0.39, 0.29) is 24.0 Å². The highest BCUT2D eigenvalue weighted by Gasteiger charge is 2.36. The van der Waals surface area contributed by atoms with Gasteiger partial charge in [-0.15, -0.1) is 0 Å². The van der Waals surface area contributed by atoms with Crippen LogP contribution in [0.3, 0.4) is 0 Å². The lowest BCUT2D eigenvalue weighted by atomic mass is 9.96. The van der Waals surface area contributed by atoms with Crippen LogP contribution in [0.5, 0.6) is 0 Å². The molecule has 0 atom stereocenters. The van der Waals surface area contributed by atoms with E-state index in [2.05, 4.69) is 4.72 Å². The van der Waals surface area contributed by atoms with Crippen molar-refractivity contribution in [3.05, 3.63) is 0 Å². The zero-order valence-electron chi connectivity index (χ0n) is 12.0. The van der Waals surface area contributed by atoms with Crippen LogP contribution in [-0.2, 0) is 24.3 Å². The van der Waals surface area contributed by atoms with Crippen molar-refractivity contribution in [1.29, 1.82) is 0 Å². The van der Waals surface area contributed by atoms with Gasteiger partial charge in [0.1, 0.15) is 0 Å². The number of piperidine rings is 1. The van der Waals surface area contributed by atoms with E-state index in [1.165, 1.54) is 0 Å². The minimum atomic E-state index is -3.28. The van der Waals surface area contributed by atoms with E-state index in [1.807, 2.05) is 0 Å². The highest BCUT2D eigenvalue weighted by Crippen LogP contribution is 2.28. The summed E-state index contributed by atoms with van der Waals surface area (Å²) in [6, 6.07) is 0. The van der Waals surface area contributed by atoms with E-state index >= 15 is 0 Å². The molecule has 3 aliphatic rings. The number of sulfonamides is 1. The fraction of sp³-hybridized carbons (Fsp3) is 0.923. The first-order valence-electron chi connectivity index (χ1n) is 7.56. The van der Waals surface area contributed by atoms with Crippen LogP contribution in [0.25, 0.3) is 0 Å². The van der Waals surface area contributed by atoms with E-state index in [9.17, 15) is 13.2 Å². The molecule has 1 aliphatic carbocycles. The van der Waals surface area contributed by atoms with Crippen molar-refractivity contribution in [2.24, 2.45) is 5.92 Å². The molecule has 2 aliphatic heterocycles. The number of hydrogen-bond donors (Lipinski definition) is 1. The summed E-state index contributed by atoms with van der Waals surface area (Å²) in [5.41, 5.74) is 0. The highest BCUT2D eigenvalue weighted by atomic mass is 32.2. The number of hydrogen-bond acceptors (Lipinski definition) is 5. The Balaban J connectivity index is 1.42. The minimum Gasteiger partial charge on any atom is -0.350 e. The Hall–Kier alpha value is -0.700. The number of likely N-dealkylation sites (tertiary alicyclic amines) is 1. The molecule has 2 heterocycles. The Morgan fingerprint density at radius 2 is 1.71 bits per heavy atom. The van der Waals surface area contributed by atoms with Crippen LogP contribution in [-0.4, -0.2) is 63.6 Å². The summed E-state index contributed by atoms with van der Waals surface area (Å²) in [6.07, 6.45) is 2.96. The maximum absolute atomic E-state index is 12.1. The van der Waals surface area contributed by atoms with Crippen molar-refractivity contribution < 1.29 is 22.7 Å². The summed E-state index contributed by atoms with van der Waals surface area (Å²) in [5.74, 6) is 0.186. The van der Waals surface area contributed by atoms with Gasteiger partial charge in [0.25, 0.3) is 0 Å². The normalized spacial score (nSPS) is 25.4. The van der Waals surface area contributed by atoms with Crippen LogP contribution in [0, 0.1) is 5.92 Å². The second-order valence-corrected chi connectivity index (χ2v) is 7.94. The number of ether oxygens (including phenoxy) is 2. The first kappa shape index (κ1) is 15.2. The minimum absolute atomic E-state index is 0.125. The molecule has 120 valence electrons. The maximum Gasteiger partial charge on any atom is 0.237 e. The number of amides is 1. The Labute approximate surface area is 125 Å². The maximum atomic E-state index is 12.1. The van der Waals surface area contributed by atoms with Gasteiger partial charge in [0.05, 0.1) is 25.0 Å². The zero-order chi connectivity index (χ0) is 14.9. The van der Waals surface area contributed by atoms with Gasteiger partial charge in [0.15, 0.2) is 6.29 Å². The number of nitrogens with zero attached hydrogens (tertiary/aromatic N) is 1. The first-order chi connectivity index (χ1) is 10.1. The van der Waals surface area contributed by atoms with Crippen molar-refractivity contribution >= 4 is 15.9 Å². The lowest BCUT2D eigenvalue weighted by Gasteiger charge is -2.33. The van der Waals surface area contributed by atoms with Gasteiger partial charge in [-0.2, -0.15) is 0 Å². The summed E-state index contributed by atoms with van der Waals surface area (Å²) in [5, 5.41) is -0.285. The predicted molar refractivity (Wildman–Crippen MR) is 74.9 cm³/mol. The first-order valence-corrected chi connectivity index (χ1v) is 9.10. The van der Waals surface area contributed by atoms with Gasteiger partial charge < -0.3 is 14.4 Å². The molecule has 0 unspecified atom stereocenters. The predicted octanol–water partition coefficient (Wildman–Crippen LogP) is -0.320. The number of nitrogens with one attached hydrogen (secondary N) is 1. The van der Waals surface area contributed by atoms with Gasteiger partial charge in [-0.1, -0.05) is 0 Å². The fourth-order valence-corrected chi connectivity index (χ4v) is 4.16. The summed E-state index contributed by atoms with van der Waals surface area (Å²) >= 11 is 0. The van der Waals surface area contributed by atoms with E-state index < -0.39 is 10.0 Å². The topological polar surface area (TPSA) is 84.9 Å². The van der Waals surface area contributed by atoms with Crippen molar-refractivity contribution in [1.82, 2.24) is 9.62 Å². The van der Waals surface area contributed by atoms with Gasteiger partial charge in [-0.05, 0) is 25.7 Å². The molecule has 0 spiro atoms. The summed E-state index contributed by atoms with van der Waals surface area (Å²) in [7, 11) is -3.28. The Bertz CT molecular complexity index is 477. The molecule has 21 heavy (non-hydrogen) atoms. The summed E-state index contributed by atoms with van der Waals surface area (Å²) < 4.78 is 36.8. The monoisotopic (exact) mass is 318 g/mol. The number of carbonyl (C=O) groups is 1. The van der Waals surface area contributed by atoms with Crippen LogP contribution >= 0.6 is 0 Å². The van der Waals surface area contributed by atoms with Crippen LogP contribution < -0.4 is 4.72 Å². The quantitative estimate of drug-likeness (QED) is 0.751. The molecule has 0 aromatic carbocycles. The average Bonchev–Trinajstić information content (AvgIpc) is 3.22.